The van der Waals surface area contributed by atoms with Gasteiger partial charge in [-0.15, -0.1) is 0 Å². The van der Waals surface area contributed by atoms with Gasteiger partial charge in [-0.2, -0.15) is 0 Å². The van der Waals surface area contributed by atoms with Crippen LogP contribution in [0.3, 0.4) is 0 Å². The molecule has 0 aliphatic carbocycles. The molecule has 184 valence electrons. The molecule has 0 saturated heterocycles. The third-order valence-corrected chi connectivity index (χ3v) is 2.56. The summed E-state index contributed by atoms with van der Waals surface area (Å²) in [5, 5.41) is 17.8. The molecular weight excluding hydrogens is 851 g/mol. The van der Waals surface area contributed by atoms with Gasteiger partial charge in [0.25, 0.3) is 0 Å². The Balaban J connectivity index is -0.000000111. The van der Waals surface area contributed by atoms with Crippen molar-refractivity contribution in [2.24, 2.45) is 0 Å². The van der Waals surface area contributed by atoms with E-state index in [0.29, 0.717) is 6.42 Å². The average molecular weight is 861 g/mol. The molecular formula is C9H10Cr3INO15Rh2. The normalized spacial score (nSPS) is 11.2. The zero-order valence-corrected chi connectivity index (χ0v) is 23.3. The molecule has 0 saturated carbocycles. The van der Waals surface area contributed by atoms with Gasteiger partial charge in [0.15, 0.2) is 0 Å². The second-order valence-electron chi connectivity index (χ2n) is 4.10. The number of nitrogens with one attached hydrogen (secondary N) is 1. The van der Waals surface area contributed by atoms with Gasteiger partial charge in [0.2, 0.25) is 0 Å². The van der Waals surface area contributed by atoms with Gasteiger partial charge in [0, 0.05) is 22.9 Å². The molecule has 0 unspecified atom stereocenters. The summed E-state index contributed by atoms with van der Waals surface area (Å²) in [4.78, 5) is 10.7. The molecule has 16 nitrogen and oxygen atoms in total. The number of carboxylic acids is 1. The number of carbonyl (C=O) groups is 1. The van der Waals surface area contributed by atoms with E-state index in [9.17, 15) is 4.79 Å². The Labute approximate surface area is 220 Å². The van der Waals surface area contributed by atoms with Crippen LogP contribution in [0.4, 0.5) is 0 Å². The van der Waals surface area contributed by atoms with Crippen LogP contribution in [0.1, 0.15) is 5.56 Å². The second-order valence-corrected chi connectivity index (χ2v) is 8.54. The van der Waals surface area contributed by atoms with Crippen LogP contribution >= 0.6 is 22.9 Å². The van der Waals surface area contributed by atoms with Gasteiger partial charge in [-0.1, -0.05) is 12.1 Å². The Kier molecular flexibility index (Phi) is 27.0. The third kappa shape index (κ3) is 59.0. The zero-order chi connectivity index (χ0) is 24.1. The molecule has 0 spiro atoms. The van der Waals surface area contributed by atoms with Crippen molar-refractivity contribution < 1.29 is 143 Å². The van der Waals surface area contributed by atoms with E-state index in [-0.39, 0.29) is 44.7 Å². The average Bonchev–Trinajstić information content (AvgIpc) is 2.41. The molecule has 1 aromatic rings. The summed E-state index contributed by atoms with van der Waals surface area (Å²) >= 11 is -15.4. The van der Waals surface area contributed by atoms with Gasteiger partial charge in [-0.3, -0.25) is 4.79 Å². The predicted molar refractivity (Wildman–Crippen MR) is 64.5 cm³/mol. The molecule has 0 bridgehead atoms. The van der Waals surface area contributed by atoms with E-state index in [4.69, 9.17) is 58.0 Å². The van der Waals surface area contributed by atoms with Crippen LogP contribution in [0.25, 0.3) is 0 Å². The summed E-state index contributed by atoms with van der Waals surface area (Å²) in [6.07, 6.45) is 0.401. The molecule has 1 aromatic carbocycles. The topological polar surface area (TPSA) is 310 Å². The largest absolute Gasteiger partial charge is 3.00 e. The minimum absolute atomic E-state index is 0. The van der Waals surface area contributed by atoms with Crippen LogP contribution in [0.5, 0.6) is 5.75 Å². The standard InChI is InChI=1S/C9H10INO3.3Cr.12O.2Rh/c10-11-8(9(13)14)5-6-1-3-7(12)4-2-6;;;;;;;;;;;;;;;;;/h1-4,8,11-12H,5H2,(H,13,14);;;;;;;;;;;;;;;;;/q;;;;;;;;;;6*-1;2*+3/t8-;;;;;;;;;;;;;;;;;/m0................./s1. The first kappa shape index (κ1) is 41.8. The molecule has 1 rings (SSSR count). The van der Waals surface area contributed by atoms with Crippen molar-refractivity contribution in [3.8, 4) is 5.75 Å². The van der Waals surface area contributed by atoms with Crippen molar-refractivity contribution in [3.63, 3.8) is 0 Å². The first-order valence-corrected chi connectivity index (χ1v) is 13.3. The van der Waals surface area contributed by atoms with Crippen molar-refractivity contribution in [1.29, 1.82) is 0 Å². The summed E-state index contributed by atoms with van der Waals surface area (Å²) in [7, 11) is 0. The number of aromatic hydroxyl groups is 1. The van der Waals surface area contributed by atoms with Crippen molar-refractivity contribution in [2.45, 2.75) is 12.5 Å². The fourth-order valence-electron chi connectivity index (χ4n) is 1.04. The SMILES string of the molecule is O=C(O)[C@H](Cc1ccc(O)cc1)NI.[O]=[Cr](=[O])([O-])[O-].[O]=[Cr](=[O])([O-])[O-].[O]=[Cr](=[O])([O-])[O-].[Rh+3].[Rh+3]. The van der Waals surface area contributed by atoms with Crippen LogP contribution in [0.2, 0.25) is 0 Å². The summed E-state index contributed by atoms with van der Waals surface area (Å²) in [6, 6.07) is 5.90. The molecule has 0 amide bonds. The number of benzene rings is 1. The summed E-state index contributed by atoms with van der Waals surface area (Å²) in [5.41, 5.74) is 0.874. The molecule has 3 N–H and O–H groups in total. The quantitative estimate of drug-likeness (QED) is 0.144. The van der Waals surface area contributed by atoms with Crippen molar-refractivity contribution in [2.75, 3.05) is 0 Å². The molecule has 0 aliphatic rings. The van der Waals surface area contributed by atoms with Gasteiger partial charge < -0.3 is 10.2 Å². The zero-order valence-electron chi connectivity index (χ0n) is 14.1. The van der Waals surface area contributed by atoms with Crippen LogP contribution in [-0.4, -0.2) is 22.2 Å². The van der Waals surface area contributed by atoms with E-state index in [1.807, 2.05) is 22.9 Å². The van der Waals surface area contributed by atoms with Gasteiger partial charge in [0.1, 0.15) is 11.8 Å². The van der Waals surface area contributed by atoms with Gasteiger partial charge in [-0.05, 0) is 24.1 Å². The fourth-order valence-corrected chi connectivity index (χ4v) is 1.53. The maximum Gasteiger partial charge on any atom is 3.00 e. The Hall–Kier alpha value is 0.584. The smallest absolute Gasteiger partial charge is 3.00 e. The first-order valence-electron chi connectivity index (χ1n) is 6.00. The minimum atomic E-state index is -5.75. The van der Waals surface area contributed by atoms with E-state index >= 15 is 0 Å². The van der Waals surface area contributed by atoms with Crippen LogP contribution < -0.4 is 28.5 Å². The third-order valence-electron chi connectivity index (χ3n) is 1.81. The molecule has 0 radical (unpaired) electrons. The molecule has 0 aliphatic heterocycles. The summed E-state index contributed by atoms with van der Waals surface area (Å²) < 4.78 is 106. The van der Waals surface area contributed by atoms with Crippen LogP contribution in [-0.2, 0) is 114 Å². The van der Waals surface area contributed by atoms with E-state index in [2.05, 4.69) is 3.53 Å². The Morgan fingerprint density at radius 3 is 1.29 bits per heavy atom. The maximum absolute atomic E-state index is 10.7. The van der Waals surface area contributed by atoms with E-state index in [1.165, 1.54) is 0 Å². The van der Waals surface area contributed by atoms with Crippen LogP contribution in [0.15, 0.2) is 24.3 Å². The van der Waals surface area contributed by atoms with E-state index in [1.54, 1.807) is 24.3 Å². The van der Waals surface area contributed by atoms with Crippen molar-refractivity contribution in [3.05, 3.63) is 29.8 Å². The number of phenolic OH excluding ortho intramolecular Hbond substituents is 1. The second kappa shape index (κ2) is 20.0. The van der Waals surface area contributed by atoms with Gasteiger partial charge in [0.05, 0.1) is 0 Å². The van der Waals surface area contributed by atoms with E-state index < -0.39 is 52.9 Å². The Morgan fingerprint density at radius 2 is 1.10 bits per heavy atom. The number of halogens is 1. The van der Waals surface area contributed by atoms with Gasteiger partial charge in [-0.25, -0.2) is 3.53 Å². The number of rotatable bonds is 4. The Bertz CT molecular complexity index is 826. The first-order chi connectivity index (χ1) is 12.6. The monoisotopic (exact) mass is 861 g/mol. The number of hydrogen-bond acceptors (Lipinski definition) is 15. The van der Waals surface area contributed by atoms with Gasteiger partial charge >= 0.3 is 134 Å². The van der Waals surface area contributed by atoms with Crippen molar-refractivity contribution in [1.82, 2.24) is 3.53 Å². The molecule has 0 heterocycles. The number of phenols is 1. The molecule has 22 heteroatoms. The molecule has 31 heavy (non-hydrogen) atoms. The molecule has 0 aromatic heterocycles. The minimum Gasteiger partial charge on any atom is 3.00 e. The molecule has 0 fully saturated rings. The predicted octanol–water partition coefficient (Wildman–Crippen LogP) is -6.53. The van der Waals surface area contributed by atoms with Crippen LogP contribution in [0, 0.1) is 0 Å². The Morgan fingerprint density at radius 1 is 0.839 bits per heavy atom. The fraction of sp³-hybridized carbons (Fsp3) is 0.222. The summed E-state index contributed by atoms with van der Waals surface area (Å²) in [6.45, 7) is 0. The maximum atomic E-state index is 10.7. The number of carboxylic acid groups (broad SMARTS) is 1. The molecule has 1 atom stereocenters. The van der Waals surface area contributed by atoms with Crippen molar-refractivity contribution >= 4 is 28.8 Å². The number of hydrogen-bond donors (Lipinski definition) is 3. The summed E-state index contributed by atoms with van der Waals surface area (Å²) in [5.74, 6) is -0.699. The number of aliphatic carboxylic acids is 1. The van der Waals surface area contributed by atoms with E-state index in [0.717, 1.165) is 5.56 Å².